The molecule has 2 rings (SSSR count). The predicted octanol–water partition coefficient (Wildman–Crippen LogP) is 1.21. The van der Waals surface area contributed by atoms with Crippen molar-refractivity contribution in [1.29, 1.82) is 0 Å². The zero-order valence-electron chi connectivity index (χ0n) is 10.9. The van der Waals surface area contributed by atoms with E-state index in [1.165, 1.54) is 19.4 Å². The van der Waals surface area contributed by atoms with Gasteiger partial charge in [0.25, 0.3) is 5.91 Å². The molecule has 0 aliphatic heterocycles. The fourth-order valence-electron chi connectivity index (χ4n) is 2.23. The third-order valence-electron chi connectivity index (χ3n) is 3.32. The quantitative estimate of drug-likeness (QED) is 0.736. The summed E-state index contributed by atoms with van der Waals surface area (Å²) >= 11 is 0. The Bertz CT molecular complexity index is 463. The average Bonchev–Trinajstić information content (AvgIpc) is 2.27. The van der Waals surface area contributed by atoms with Crippen LogP contribution in [-0.2, 0) is 17.6 Å². The van der Waals surface area contributed by atoms with E-state index in [0.717, 1.165) is 30.5 Å². The number of carbonyl (C=O) groups is 1. The second kappa shape index (κ2) is 4.71. The van der Waals surface area contributed by atoms with E-state index in [4.69, 9.17) is 5.73 Å². The van der Waals surface area contributed by atoms with Crippen LogP contribution in [0.25, 0.3) is 0 Å². The molecule has 4 nitrogen and oxygen atoms in total. The standard InChI is InChI=1S/C14H20N2O2/c1-14(2,18)13(17)16-12-5-3-4-9-8-10(15)6-7-11(9)12/h3-5,10,18H,6-8,15H2,1-2H3,(H,16,17)/t10-/m0/s1. The summed E-state index contributed by atoms with van der Waals surface area (Å²) in [6.07, 6.45) is 2.66. The zero-order chi connectivity index (χ0) is 13.3. The van der Waals surface area contributed by atoms with Crippen LogP contribution in [0.5, 0.6) is 0 Å². The van der Waals surface area contributed by atoms with Crippen LogP contribution in [0.2, 0.25) is 0 Å². The third-order valence-corrected chi connectivity index (χ3v) is 3.32. The molecule has 0 spiro atoms. The van der Waals surface area contributed by atoms with Crippen LogP contribution in [0, 0.1) is 0 Å². The normalized spacial score (nSPS) is 19.2. The molecule has 0 heterocycles. The summed E-state index contributed by atoms with van der Waals surface area (Å²) in [5.41, 5.74) is 7.72. The van der Waals surface area contributed by atoms with Crippen LogP contribution < -0.4 is 11.1 Å². The summed E-state index contributed by atoms with van der Waals surface area (Å²) in [4.78, 5) is 11.8. The highest BCUT2D eigenvalue weighted by Gasteiger charge is 2.25. The Labute approximate surface area is 107 Å². The van der Waals surface area contributed by atoms with Crippen LogP contribution in [0.15, 0.2) is 18.2 Å². The lowest BCUT2D eigenvalue weighted by atomic mass is 9.87. The Morgan fingerprint density at radius 1 is 1.50 bits per heavy atom. The van der Waals surface area contributed by atoms with Crippen molar-refractivity contribution in [3.05, 3.63) is 29.3 Å². The van der Waals surface area contributed by atoms with Crippen LogP contribution in [0.1, 0.15) is 31.4 Å². The zero-order valence-corrected chi connectivity index (χ0v) is 10.9. The van der Waals surface area contributed by atoms with E-state index >= 15 is 0 Å². The van der Waals surface area contributed by atoms with Crippen LogP contribution in [0.4, 0.5) is 5.69 Å². The predicted molar refractivity (Wildman–Crippen MR) is 71.4 cm³/mol. The van der Waals surface area contributed by atoms with E-state index in [-0.39, 0.29) is 11.9 Å². The van der Waals surface area contributed by atoms with Gasteiger partial charge in [0.05, 0.1) is 0 Å². The molecule has 1 atom stereocenters. The van der Waals surface area contributed by atoms with Gasteiger partial charge in [0.1, 0.15) is 5.60 Å². The summed E-state index contributed by atoms with van der Waals surface area (Å²) in [6, 6.07) is 6.04. The first-order chi connectivity index (χ1) is 8.38. The lowest BCUT2D eigenvalue weighted by Crippen LogP contribution is -2.37. The van der Waals surface area contributed by atoms with Crippen LogP contribution in [-0.4, -0.2) is 22.7 Å². The lowest BCUT2D eigenvalue weighted by Gasteiger charge is -2.25. The molecule has 0 saturated heterocycles. The van der Waals surface area contributed by atoms with Crippen molar-refractivity contribution in [3.63, 3.8) is 0 Å². The molecule has 1 aromatic carbocycles. The van der Waals surface area contributed by atoms with E-state index in [1.807, 2.05) is 18.2 Å². The Kier molecular flexibility index (Phi) is 3.41. The molecule has 0 radical (unpaired) electrons. The molecule has 1 aromatic rings. The molecule has 0 bridgehead atoms. The molecular formula is C14H20N2O2. The highest BCUT2D eigenvalue weighted by molar-refractivity contribution is 5.97. The first kappa shape index (κ1) is 13.1. The van der Waals surface area contributed by atoms with Gasteiger partial charge in [0.2, 0.25) is 0 Å². The SMILES string of the molecule is CC(C)(O)C(=O)Nc1cccc2c1CC[C@H](N)C2. The molecule has 18 heavy (non-hydrogen) atoms. The first-order valence-electron chi connectivity index (χ1n) is 6.28. The van der Waals surface area contributed by atoms with E-state index in [0.29, 0.717) is 0 Å². The topological polar surface area (TPSA) is 75.3 Å². The number of nitrogens with one attached hydrogen (secondary N) is 1. The number of anilines is 1. The second-order valence-electron chi connectivity index (χ2n) is 5.46. The van der Waals surface area contributed by atoms with Crippen molar-refractivity contribution < 1.29 is 9.90 Å². The highest BCUT2D eigenvalue weighted by atomic mass is 16.3. The Balaban J connectivity index is 2.25. The molecule has 1 amide bonds. The van der Waals surface area contributed by atoms with Crippen molar-refractivity contribution in [2.45, 2.75) is 44.8 Å². The number of rotatable bonds is 2. The number of benzene rings is 1. The minimum atomic E-state index is -1.37. The van der Waals surface area contributed by atoms with Gasteiger partial charge >= 0.3 is 0 Å². The summed E-state index contributed by atoms with van der Waals surface area (Å²) in [5, 5.41) is 12.5. The maximum absolute atomic E-state index is 11.8. The van der Waals surface area contributed by atoms with E-state index in [2.05, 4.69) is 5.32 Å². The lowest BCUT2D eigenvalue weighted by molar-refractivity contribution is -0.130. The molecule has 98 valence electrons. The monoisotopic (exact) mass is 248 g/mol. The maximum Gasteiger partial charge on any atom is 0.255 e. The summed E-state index contributed by atoms with van der Waals surface area (Å²) in [5.74, 6) is -0.384. The molecule has 4 heteroatoms. The molecule has 0 saturated carbocycles. The first-order valence-corrected chi connectivity index (χ1v) is 6.28. The van der Waals surface area contributed by atoms with Gasteiger partial charge in [-0.1, -0.05) is 12.1 Å². The summed E-state index contributed by atoms with van der Waals surface area (Å²) in [7, 11) is 0. The number of hydrogen-bond acceptors (Lipinski definition) is 3. The van der Waals surface area contributed by atoms with E-state index in [9.17, 15) is 9.90 Å². The summed E-state index contributed by atoms with van der Waals surface area (Å²) in [6.45, 7) is 2.96. The minimum Gasteiger partial charge on any atom is -0.381 e. The molecule has 0 aromatic heterocycles. The fraction of sp³-hybridized carbons (Fsp3) is 0.500. The molecule has 1 aliphatic carbocycles. The largest absolute Gasteiger partial charge is 0.381 e. The molecule has 4 N–H and O–H groups in total. The van der Waals surface area contributed by atoms with Crippen molar-refractivity contribution in [1.82, 2.24) is 0 Å². The van der Waals surface area contributed by atoms with Crippen LogP contribution >= 0.6 is 0 Å². The summed E-state index contributed by atoms with van der Waals surface area (Å²) < 4.78 is 0. The van der Waals surface area contributed by atoms with Crippen molar-refractivity contribution in [3.8, 4) is 0 Å². The Morgan fingerprint density at radius 3 is 2.89 bits per heavy atom. The Morgan fingerprint density at radius 2 is 2.22 bits per heavy atom. The van der Waals surface area contributed by atoms with Gasteiger partial charge in [0.15, 0.2) is 0 Å². The number of hydrogen-bond donors (Lipinski definition) is 3. The Hall–Kier alpha value is -1.39. The van der Waals surface area contributed by atoms with E-state index < -0.39 is 5.60 Å². The van der Waals surface area contributed by atoms with Crippen molar-refractivity contribution >= 4 is 11.6 Å². The van der Waals surface area contributed by atoms with Gasteiger partial charge in [0, 0.05) is 11.7 Å². The number of aliphatic hydroxyl groups is 1. The number of fused-ring (bicyclic) bond motifs is 1. The number of amides is 1. The minimum absolute atomic E-state index is 0.206. The van der Waals surface area contributed by atoms with Gasteiger partial charge in [-0.3, -0.25) is 4.79 Å². The smallest absolute Gasteiger partial charge is 0.255 e. The van der Waals surface area contributed by atoms with Crippen molar-refractivity contribution in [2.24, 2.45) is 5.73 Å². The van der Waals surface area contributed by atoms with Gasteiger partial charge in [-0.2, -0.15) is 0 Å². The van der Waals surface area contributed by atoms with Gasteiger partial charge in [-0.25, -0.2) is 0 Å². The maximum atomic E-state index is 11.8. The molecule has 0 unspecified atom stereocenters. The van der Waals surface area contributed by atoms with Gasteiger partial charge in [-0.15, -0.1) is 0 Å². The van der Waals surface area contributed by atoms with Gasteiger partial charge < -0.3 is 16.2 Å². The van der Waals surface area contributed by atoms with E-state index in [1.54, 1.807) is 0 Å². The number of nitrogens with two attached hydrogens (primary N) is 1. The van der Waals surface area contributed by atoms with Crippen molar-refractivity contribution in [2.75, 3.05) is 5.32 Å². The van der Waals surface area contributed by atoms with Gasteiger partial charge in [-0.05, 0) is 50.3 Å². The average molecular weight is 248 g/mol. The van der Waals surface area contributed by atoms with Crippen LogP contribution in [0.3, 0.4) is 0 Å². The third kappa shape index (κ3) is 2.71. The number of carbonyl (C=O) groups excluding carboxylic acids is 1. The highest BCUT2D eigenvalue weighted by Crippen LogP contribution is 2.28. The fourth-order valence-corrected chi connectivity index (χ4v) is 2.23. The second-order valence-corrected chi connectivity index (χ2v) is 5.46. The molecule has 0 fully saturated rings. The molecular weight excluding hydrogens is 228 g/mol. The molecule has 1 aliphatic rings.